The zero-order valence-corrected chi connectivity index (χ0v) is 19.8. The zero-order chi connectivity index (χ0) is 24.5. The first-order valence-electron chi connectivity index (χ1n) is 11.7. The molecule has 0 aliphatic heterocycles. The van der Waals surface area contributed by atoms with Gasteiger partial charge in [0.1, 0.15) is 6.04 Å². The van der Waals surface area contributed by atoms with E-state index >= 15 is 0 Å². The van der Waals surface area contributed by atoms with E-state index in [1.54, 1.807) is 0 Å². The molecule has 4 aromatic carbocycles. The maximum absolute atomic E-state index is 13.7. The lowest BCUT2D eigenvalue weighted by atomic mass is 9.67. The minimum Gasteiger partial charge on any atom is -0.467 e. The number of rotatable bonds is 9. The maximum Gasteiger partial charge on any atom is 0.328 e. The fourth-order valence-electron chi connectivity index (χ4n) is 4.65. The Kier molecular flexibility index (Phi) is 7.74. The van der Waals surface area contributed by atoms with Crippen LogP contribution < -0.4 is 5.32 Å². The highest BCUT2D eigenvalue weighted by molar-refractivity contribution is 5.86. The number of carbonyl (C=O) groups is 2. The van der Waals surface area contributed by atoms with Crippen molar-refractivity contribution in [3.05, 3.63) is 144 Å². The number of ether oxygens (including phenoxy) is 1. The molecule has 4 nitrogen and oxygen atoms in total. The second-order valence-corrected chi connectivity index (χ2v) is 8.51. The van der Waals surface area contributed by atoms with Crippen molar-refractivity contribution in [2.75, 3.05) is 7.11 Å². The Morgan fingerprint density at radius 3 is 1.49 bits per heavy atom. The second-order valence-electron chi connectivity index (χ2n) is 8.51. The molecule has 4 rings (SSSR count). The Labute approximate surface area is 206 Å². The van der Waals surface area contributed by atoms with E-state index in [2.05, 4.69) is 41.7 Å². The number of hydrogen-bond acceptors (Lipinski definition) is 3. The van der Waals surface area contributed by atoms with Crippen LogP contribution in [0.3, 0.4) is 0 Å². The number of methoxy groups -OCH3 is 1. The number of amides is 1. The minimum absolute atomic E-state index is 0.132. The molecule has 176 valence electrons. The molecule has 1 N–H and O–H groups in total. The lowest BCUT2D eigenvalue weighted by Gasteiger charge is -2.36. The van der Waals surface area contributed by atoms with Crippen LogP contribution in [0.4, 0.5) is 0 Å². The molecule has 4 heteroatoms. The normalized spacial score (nSPS) is 11.9. The number of nitrogens with one attached hydrogen (secondary N) is 1. The quantitative estimate of drug-likeness (QED) is 0.270. The average molecular weight is 464 g/mol. The SMILES string of the molecule is COC(=O)[C@H](Cc1ccccc1)NC(=O)CC(c1ccccc1)(c1ccccc1)c1ccccc1. The lowest BCUT2D eigenvalue weighted by molar-refractivity contribution is -0.145. The van der Waals surface area contributed by atoms with Crippen molar-refractivity contribution < 1.29 is 14.3 Å². The third kappa shape index (κ3) is 5.49. The van der Waals surface area contributed by atoms with Crippen LogP contribution >= 0.6 is 0 Å². The van der Waals surface area contributed by atoms with E-state index in [1.165, 1.54) is 7.11 Å². The maximum atomic E-state index is 13.7. The van der Waals surface area contributed by atoms with Gasteiger partial charge in [-0.2, -0.15) is 0 Å². The standard InChI is InChI=1S/C31H29NO3/c1-35-30(34)28(22-24-14-6-2-7-15-24)32-29(33)23-31(25-16-8-3-9-17-25,26-18-10-4-11-19-26)27-20-12-5-13-21-27/h2-21,28H,22-23H2,1H3,(H,32,33)/t28-/m0/s1. The molecular weight excluding hydrogens is 434 g/mol. The van der Waals surface area contributed by atoms with Gasteiger partial charge >= 0.3 is 5.97 Å². The molecule has 35 heavy (non-hydrogen) atoms. The molecule has 0 bridgehead atoms. The molecule has 0 saturated heterocycles. The highest BCUT2D eigenvalue weighted by atomic mass is 16.5. The van der Waals surface area contributed by atoms with Crippen molar-refractivity contribution in [3.63, 3.8) is 0 Å². The van der Waals surface area contributed by atoms with E-state index in [0.29, 0.717) is 6.42 Å². The highest BCUT2D eigenvalue weighted by Gasteiger charge is 2.39. The topological polar surface area (TPSA) is 55.4 Å². The second kappa shape index (κ2) is 11.3. The van der Waals surface area contributed by atoms with Crippen LogP contribution in [0.5, 0.6) is 0 Å². The highest BCUT2D eigenvalue weighted by Crippen LogP contribution is 2.42. The fourth-order valence-corrected chi connectivity index (χ4v) is 4.65. The van der Waals surface area contributed by atoms with E-state index in [4.69, 9.17) is 4.74 Å². The summed E-state index contributed by atoms with van der Waals surface area (Å²) in [6.45, 7) is 0. The van der Waals surface area contributed by atoms with Crippen LogP contribution in [-0.2, 0) is 26.2 Å². The van der Waals surface area contributed by atoms with Crippen LogP contribution in [0.1, 0.15) is 28.7 Å². The molecule has 1 amide bonds. The molecule has 0 fully saturated rings. The van der Waals surface area contributed by atoms with Gasteiger partial charge in [-0.05, 0) is 22.3 Å². The zero-order valence-electron chi connectivity index (χ0n) is 19.8. The number of benzene rings is 4. The Balaban J connectivity index is 1.74. The van der Waals surface area contributed by atoms with Gasteiger partial charge in [0.05, 0.1) is 12.5 Å². The molecule has 0 unspecified atom stereocenters. The largest absolute Gasteiger partial charge is 0.467 e. The molecule has 4 aromatic rings. The first-order valence-corrected chi connectivity index (χ1v) is 11.7. The smallest absolute Gasteiger partial charge is 0.328 e. The van der Waals surface area contributed by atoms with Crippen molar-refractivity contribution in [2.45, 2.75) is 24.3 Å². The minimum atomic E-state index is -0.782. The number of hydrogen-bond donors (Lipinski definition) is 1. The van der Waals surface area contributed by atoms with Gasteiger partial charge in [0.15, 0.2) is 0 Å². The third-order valence-corrected chi connectivity index (χ3v) is 6.33. The summed E-state index contributed by atoms with van der Waals surface area (Å²) in [6, 6.07) is 39.0. The average Bonchev–Trinajstić information content (AvgIpc) is 2.93. The molecule has 0 aliphatic carbocycles. The van der Waals surface area contributed by atoms with Crippen LogP contribution in [0.15, 0.2) is 121 Å². The molecule has 0 aliphatic rings. The Bertz CT molecular complexity index is 1130. The van der Waals surface area contributed by atoms with E-state index in [9.17, 15) is 9.59 Å². The van der Waals surface area contributed by atoms with E-state index in [-0.39, 0.29) is 12.3 Å². The van der Waals surface area contributed by atoms with Gasteiger partial charge in [0.25, 0.3) is 0 Å². The first kappa shape index (κ1) is 24.0. The van der Waals surface area contributed by atoms with E-state index in [0.717, 1.165) is 22.3 Å². The van der Waals surface area contributed by atoms with Crippen molar-refractivity contribution in [1.29, 1.82) is 0 Å². The third-order valence-electron chi connectivity index (χ3n) is 6.33. The summed E-state index contributed by atoms with van der Waals surface area (Å²) in [6.07, 6.45) is 0.488. The molecule has 0 heterocycles. The summed E-state index contributed by atoms with van der Waals surface area (Å²) in [5.74, 6) is -0.695. The fraction of sp³-hybridized carbons (Fsp3) is 0.161. The first-order chi connectivity index (χ1) is 17.1. The summed E-state index contributed by atoms with van der Waals surface area (Å²) in [5.41, 5.74) is 3.23. The predicted molar refractivity (Wildman–Crippen MR) is 138 cm³/mol. The number of esters is 1. The van der Waals surface area contributed by atoms with Crippen molar-refractivity contribution in [1.82, 2.24) is 5.32 Å². The number of carbonyl (C=O) groups excluding carboxylic acids is 2. The summed E-state index contributed by atoms with van der Waals surface area (Å²) in [5, 5.41) is 2.97. The van der Waals surface area contributed by atoms with Crippen LogP contribution in [-0.4, -0.2) is 25.0 Å². The Morgan fingerprint density at radius 2 is 1.09 bits per heavy atom. The summed E-state index contributed by atoms with van der Waals surface area (Å²) in [7, 11) is 1.34. The summed E-state index contributed by atoms with van der Waals surface area (Å²) >= 11 is 0. The monoisotopic (exact) mass is 463 g/mol. The predicted octanol–water partition coefficient (Wildman–Crippen LogP) is 5.31. The van der Waals surface area contributed by atoms with E-state index < -0.39 is 17.4 Å². The van der Waals surface area contributed by atoms with Crippen LogP contribution in [0, 0.1) is 0 Å². The lowest BCUT2D eigenvalue weighted by Crippen LogP contribution is -2.46. The van der Waals surface area contributed by atoms with Crippen molar-refractivity contribution in [2.24, 2.45) is 0 Å². The Hall–Kier alpha value is -4.18. The van der Waals surface area contributed by atoms with Gasteiger partial charge in [-0.1, -0.05) is 121 Å². The summed E-state index contributed by atoms with van der Waals surface area (Å²) in [4.78, 5) is 26.3. The van der Waals surface area contributed by atoms with Gasteiger partial charge in [-0.3, -0.25) is 4.79 Å². The van der Waals surface area contributed by atoms with Crippen LogP contribution in [0.25, 0.3) is 0 Å². The van der Waals surface area contributed by atoms with Gasteiger partial charge in [-0.25, -0.2) is 4.79 Å². The van der Waals surface area contributed by atoms with Crippen molar-refractivity contribution >= 4 is 11.9 Å². The van der Waals surface area contributed by atoms with Crippen molar-refractivity contribution in [3.8, 4) is 0 Å². The molecular formula is C31H29NO3. The van der Waals surface area contributed by atoms with Gasteiger partial charge in [-0.15, -0.1) is 0 Å². The summed E-state index contributed by atoms with van der Waals surface area (Å²) < 4.78 is 5.02. The van der Waals surface area contributed by atoms with Crippen LogP contribution in [0.2, 0.25) is 0 Å². The Morgan fingerprint density at radius 1 is 0.686 bits per heavy atom. The van der Waals surface area contributed by atoms with Gasteiger partial charge in [0.2, 0.25) is 5.91 Å². The van der Waals surface area contributed by atoms with Gasteiger partial charge in [0, 0.05) is 12.8 Å². The molecule has 0 aromatic heterocycles. The van der Waals surface area contributed by atoms with E-state index in [1.807, 2.05) is 84.9 Å². The molecule has 1 atom stereocenters. The van der Waals surface area contributed by atoms with Gasteiger partial charge < -0.3 is 10.1 Å². The molecule has 0 saturated carbocycles. The molecule has 0 radical (unpaired) electrons. The molecule has 0 spiro atoms.